The van der Waals surface area contributed by atoms with E-state index in [0.717, 1.165) is 6.54 Å². The van der Waals surface area contributed by atoms with Gasteiger partial charge in [0.25, 0.3) is 0 Å². The molecule has 0 heterocycles. The molecule has 0 aliphatic heterocycles. The van der Waals surface area contributed by atoms with Gasteiger partial charge in [-0.1, -0.05) is 20.8 Å². The van der Waals surface area contributed by atoms with Gasteiger partial charge in [-0.3, -0.25) is 4.79 Å². The van der Waals surface area contributed by atoms with Gasteiger partial charge in [0.2, 0.25) is 5.91 Å². The monoisotopic (exact) mass is 254 g/mol. The van der Waals surface area contributed by atoms with Crippen molar-refractivity contribution >= 4 is 5.91 Å². The highest BCUT2D eigenvalue weighted by Gasteiger charge is 2.25. The van der Waals surface area contributed by atoms with Gasteiger partial charge < -0.3 is 11.1 Å². The lowest BCUT2D eigenvalue weighted by Crippen LogP contribution is -2.42. The summed E-state index contributed by atoms with van der Waals surface area (Å²) in [5.74, 6) is 1.48. The molecule has 106 valence electrons. The van der Waals surface area contributed by atoms with Gasteiger partial charge in [-0.15, -0.1) is 0 Å². The van der Waals surface area contributed by atoms with Crippen molar-refractivity contribution in [3.63, 3.8) is 0 Å². The first-order valence-electron chi connectivity index (χ1n) is 7.32. The van der Waals surface area contributed by atoms with Crippen LogP contribution in [0.2, 0.25) is 0 Å². The van der Waals surface area contributed by atoms with Crippen LogP contribution >= 0.6 is 0 Å². The zero-order chi connectivity index (χ0) is 13.8. The molecule has 0 bridgehead atoms. The fraction of sp³-hybridized carbons (Fsp3) is 0.933. The maximum atomic E-state index is 12.0. The van der Waals surface area contributed by atoms with Crippen LogP contribution in [-0.2, 0) is 4.79 Å². The Hall–Kier alpha value is -0.570. The van der Waals surface area contributed by atoms with Crippen LogP contribution in [0.25, 0.3) is 0 Å². The lowest BCUT2D eigenvalue weighted by atomic mass is 9.80. The third-order valence-electron chi connectivity index (χ3n) is 4.45. The van der Waals surface area contributed by atoms with Gasteiger partial charge in [0, 0.05) is 12.5 Å². The molecule has 1 aliphatic carbocycles. The third kappa shape index (κ3) is 4.97. The maximum Gasteiger partial charge on any atom is 0.220 e. The summed E-state index contributed by atoms with van der Waals surface area (Å²) in [7, 11) is 0. The molecule has 18 heavy (non-hydrogen) atoms. The number of carbonyl (C=O) groups excluding carboxylic acids is 1. The Morgan fingerprint density at radius 1 is 1.22 bits per heavy atom. The number of amides is 1. The number of rotatable bonds is 4. The SMILES string of the molecule is CC(NC(=O)CC1CCC(CN)CC1)C(C)(C)C. The van der Waals surface area contributed by atoms with Crippen LogP contribution in [0.3, 0.4) is 0 Å². The van der Waals surface area contributed by atoms with Crippen molar-refractivity contribution in [2.24, 2.45) is 23.0 Å². The minimum absolute atomic E-state index is 0.132. The summed E-state index contributed by atoms with van der Waals surface area (Å²) < 4.78 is 0. The molecule has 1 aliphatic rings. The Balaban J connectivity index is 2.29. The molecule has 0 aromatic rings. The number of nitrogens with two attached hydrogens (primary N) is 1. The summed E-state index contributed by atoms with van der Waals surface area (Å²) in [5.41, 5.74) is 5.82. The molecule has 1 fully saturated rings. The third-order valence-corrected chi connectivity index (χ3v) is 4.45. The summed E-state index contributed by atoms with van der Waals surface area (Å²) >= 11 is 0. The molecule has 1 atom stereocenters. The van der Waals surface area contributed by atoms with E-state index < -0.39 is 0 Å². The second-order valence-electron chi connectivity index (χ2n) is 6.98. The first-order valence-corrected chi connectivity index (χ1v) is 7.32. The Labute approximate surface area is 112 Å². The van der Waals surface area contributed by atoms with Crippen molar-refractivity contribution in [1.29, 1.82) is 0 Å². The van der Waals surface area contributed by atoms with Crippen LogP contribution < -0.4 is 11.1 Å². The van der Waals surface area contributed by atoms with E-state index in [2.05, 4.69) is 33.0 Å². The average Bonchev–Trinajstić information content (AvgIpc) is 2.28. The smallest absolute Gasteiger partial charge is 0.220 e. The summed E-state index contributed by atoms with van der Waals surface area (Å²) in [6.07, 6.45) is 5.42. The van der Waals surface area contributed by atoms with E-state index in [1.807, 2.05) is 0 Å². The van der Waals surface area contributed by atoms with Crippen molar-refractivity contribution in [3.8, 4) is 0 Å². The summed E-state index contributed by atoms with van der Waals surface area (Å²) in [4.78, 5) is 12.0. The second kappa shape index (κ2) is 6.55. The minimum atomic E-state index is 0.132. The highest BCUT2D eigenvalue weighted by molar-refractivity contribution is 5.76. The standard InChI is InChI=1S/C15H30N2O/c1-11(15(2,3)4)17-14(18)9-12-5-7-13(10-16)8-6-12/h11-13H,5-10,16H2,1-4H3,(H,17,18). The van der Waals surface area contributed by atoms with Gasteiger partial charge in [0.05, 0.1) is 0 Å². The Morgan fingerprint density at radius 3 is 2.17 bits per heavy atom. The summed E-state index contributed by atoms with van der Waals surface area (Å²) in [5, 5.41) is 3.13. The molecule has 1 saturated carbocycles. The Morgan fingerprint density at radius 2 is 1.72 bits per heavy atom. The predicted molar refractivity (Wildman–Crippen MR) is 76.2 cm³/mol. The molecule has 0 aromatic carbocycles. The predicted octanol–water partition coefficient (Wildman–Crippen LogP) is 2.69. The van der Waals surface area contributed by atoms with E-state index in [1.165, 1.54) is 25.7 Å². The van der Waals surface area contributed by atoms with E-state index in [-0.39, 0.29) is 17.4 Å². The summed E-state index contributed by atoms with van der Waals surface area (Å²) in [6, 6.07) is 0.227. The van der Waals surface area contributed by atoms with Gasteiger partial charge in [-0.25, -0.2) is 0 Å². The second-order valence-corrected chi connectivity index (χ2v) is 6.98. The number of nitrogens with one attached hydrogen (secondary N) is 1. The largest absolute Gasteiger partial charge is 0.353 e. The van der Waals surface area contributed by atoms with Crippen LogP contribution in [0, 0.1) is 17.3 Å². The van der Waals surface area contributed by atoms with Gasteiger partial charge in [0.1, 0.15) is 0 Å². The maximum absolute atomic E-state index is 12.0. The minimum Gasteiger partial charge on any atom is -0.353 e. The molecule has 0 radical (unpaired) electrons. The average molecular weight is 254 g/mol. The van der Waals surface area contributed by atoms with E-state index in [4.69, 9.17) is 5.73 Å². The molecule has 0 spiro atoms. The zero-order valence-corrected chi connectivity index (χ0v) is 12.5. The molecule has 1 amide bonds. The van der Waals surface area contributed by atoms with Gasteiger partial charge in [0.15, 0.2) is 0 Å². The quantitative estimate of drug-likeness (QED) is 0.810. The molecule has 1 rings (SSSR count). The van der Waals surface area contributed by atoms with E-state index in [0.29, 0.717) is 18.3 Å². The van der Waals surface area contributed by atoms with Crippen molar-refractivity contribution in [3.05, 3.63) is 0 Å². The molecule has 1 unspecified atom stereocenters. The molecule has 3 nitrogen and oxygen atoms in total. The Bertz CT molecular complexity index is 262. The Kier molecular flexibility index (Phi) is 5.64. The lowest BCUT2D eigenvalue weighted by Gasteiger charge is -2.30. The number of hydrogen-bond acceptors (Lipinski definition) is 2. The number of carbonyl (C=O) groups is 1. The van der Waals surface area contributed by atoms with E-state index in [9.17, 15) is 4.79 Å². The molecular formula is C15H30N2O. The normalized spacial score (nSPS) is 26.7. The molecule has 0 saturated heterocycles. The van der Waals surface area contributed by atoms with Crippen LogP contribution in [0.4, 0.5) is 0 Å². The van der Waals surface area contributed by atoms with Crippen molar-refractivity contribution in [2.45, 2.75) is 65.8 Å². The topological polar surface area (TPSA) is 55.1 Å². The molecule has 3 N–H and O–H groups in total. The first-order chi connectivity index (χ1) is 8.32. The fourth-order valence-corrected chi connectivity index (χ4v) is 2.45. The van der Waals surface area contributed by atoms with Gasteiger partial charge in [-0.05, 0) is 56.4 Å². The zero-order valence-electron chi connectivity index (χ0n) is 12.5. The van der Waals surface area contributed by atoms with Gasteiger partial charge in [-0.2, -0.15) is 0 Å². The van der Waals surface area contributed by atoms with Crippen molar-refractivity contribution in [2.75, 3.05) is 6.54 Å². The highest BCUT2D eigenvalue weighted by atomic mass is 16.1. The number of hydrogen-bond donors (Lipinski definition) is 2. The van der Waals surface area contributed by atoms with Crippen LogP contribution in [0.1, 0.15) is 59.8 Å². The van der Waals surface area contributed by atoms with Crippen molar-refractivity contribution in [1.82, 2.24) is 5.32 Å². The molecular weight excluding hydrogens is 224 g/mol. The van der Waals surface area contributed by atoms with Crippen LogP contribution in [-0.4, -0.2) is 18.5 Å². The van der Waals surface area contributed by atoms with E-state index in [1.54, 1.807) is 0 Å². The fourth-order valence-electron chi connectivity index (χ4n) is 2.45. The van der Waals surface area contributed by atoms with Gasteiger partial charge >= 0.3 is 0 Å². The van der Waals surface area contributed by atoms with Crippen LogP contribution in [0.15, 0.2) is 0 Å². The molecule has 0 aromatic heterocycles. The van der Waals surface area contributed by atoms with E-state index >= 15 is 0 Å². The first kappa shape index (κ1) is 15.5. The van der Waals surface area contributed by atoms with Crippen LogP contribution in [0.5, 0.6) is 0 Å². The summed E-state index contributed by atoms with van der Waals surface area (Å²) in [6.45, 7) is 9.36. The van der Waals surface area contributed by atoms with Crippen molar-refractivity contribution < 1.29 is 4.79 Å². The lowest BCUT2D eigenvalue weighted by molar-refractivity contribution is -0.123. The molecule has 3 heteroatoms. The highest BCUT2D eigenvalue weighted by Crippen LogP contribution is 2.30.